The van der Waals surface area contributed by atoms with Crippen molar-refractivity contribution in [3.63, 3.8) is 0 Å². The first kappa shape index (κ1) is 41.1. The predicted octanol–water partition coefficient (Wildman–Crippen LogP) is 2.40. The summed E-state index contributed by atoms with van der Waals surface area (Å²) >= 11 is 6.49. The Morgan fingerprint density at radius 2 is 1.77 bits per heavy atom. The zero-order chi connectivity index (χ0) is 41.2. The lowest BCUT2D eigenvalue weighted by atomic mass is 10.0. The van der Waals surface area contributed by atoms with Gasteiger partial charge in [-0.25, -0.2) is 14.1 Å². The van der Waals surface area contributed by atoms with Crippen LogP contribution in [-0.4, -0.2) is 123 Å². The summed E-state index contributed by atoms with van der Waals surface area (Å²) < 4.78 is 59.0. The summed E-state index contributed by atoms with van der Waals surface area (Å²) in [6.07, 6.45) is -2.12. The van der Waals surface area contributed by atoms with E-state index in [1.165, 1.54) is 37.4 Å². The number of nitrogens with zero attached hydrogens (tertiary/aromatic N) is 7. The molecule has 20 heteroatoms. The van der Waals surface area contributed by atoms with Crippen LogP contribution in [0.2, 0.25) is 5.02 Å². The van der Waals surface area contributed by atoms with Crippen LogP contribution in [0.15, 0.2) is 48.8 Å². The predicted molar refractivity (Wildman–Crippen MR) is 198 cm³/mol. The lowest BCUT2D eigenvalue weighted by molar-refractivity contribution is -0.907. The van der Waals surface area contributed by atoms with E-state index in [0.717, 1.165) is 40.8 Å². The van der Waals surface area contributed by atoms with Gasteiger partial charge in [0.1, 0.15) is 12.2 Å². The third-order valence-electron chi connectivity index (χ3n) is 10.2. The van der Waals surface area contributed by atoms with Gasteiger partial charge in [-0.15, -0.1) is 0 Å². The van der Waals surface area contributed by atoms with Gasteiger partial charge in [-0.2, -0.15) is 18.3 Å². The van der Waals surface area contributed by atoms with E-state index in [-0.39, 0.29) is 77.0 Å². The molecule has 2 aliphatic rings. The summed E-state index contributed by atoms with van der Waals surface area (Å²) in [5, 5.41) is 20.8. The van der Waals surface area contributed by atoms with E-state index < -0.39 is 35.1 Å². The number of imidazole rings is 1. The van der Waals surface area contributed by atoms with E-state index in [4.69, 9.17) is 17.3 Å². The molecule has 2 aromatic heterocycles. The fourth-order valence-corrected chi connectivity index (χ4v) is 7.44. The van der Waals surface area contributed by atoms with E-state index in [1.54, 1.807) is 9.80 Å². The fourth-order valence-electron chi connectivity index (χ4n) is 7.17. The van der Waals surface area contributed by atoms with Gasteiger partial charge < -0.3 is 45.1 Å². The van der Waals surface area contributed by atoms with Crippen molar-refractivity contribution in [3.8, 4) is 16.9 Å². The summed E-state index contributed by atoms with van der Waals surface area (Å²) in [5.74, 6) is -3.12. The van der Waals surface area contributed by atoms with Crippen LogP contribution in [-0.2, 0) is 22.8 Å². The average molecular weight is 817 g/mol. The van der Waals surface area contributed by atoms with E-state index in [0.29, 0.717) is 43.0 Å². The molecule has 2 aromatic carbocycles. The molecule has 304 valence electrons. The lowest BCUT2D eigenvalue weighted by Gasteiger charge is -2.41. The van der Waals surface area contributed by atoms with Crippen LogP contribution < -0.4 is 21.5 Å². The number of aliphatic carboxylic acids is 1. The summed E-state index contributed by atoms with van der Waals surface area (Å²) in [7, 11) is 3.21. The average Bonchev–Trinajstić information content (AvgIpc) is 3.73. The van der Waals surface area contributed by atoms with Crippen molar-refractivity contribution in [2.45, 2.75) is 19.0 Å². The van der Waals surface area contributed by atoms with Crippen LogP contribution in [0.5, 0.6) is 0 Å². The molecule has 2 saturated heterocycles. The van der Waals surface area contributed by atoms with Crippen LogP contribution in [0.3, 0.4) is 0 Å². The topological polar surface area (TPSA) is 184 Å². The van der Waals surface area contributed by atoms with Gasteiger partial charge in [-0.1, -0.05) is 11.6 Å². The molecule has 57 heavy (non-hydrogen) atoms. The van der Waals surface area contributed by atoms with Crippen molar-refractivity contribution in [2.75, 3.05) is 77.0 Å². The molecular weight excluding hydrogens is 776 g/mol. The number of carbonyl (C=O) groups is 4. The molecule has 0 radical (unpaired) electrons. The molecule has 6 rings (SSSR count). The second-order valence-electron chi connectivity index (χ2n) is 14.6. The molecule has 4 heterocycles. The van der Waals surface area contributed by atoms with E-state index in [2.05, 4.69) is 20.7 Å². The number of carboxylic acid groups (broad SMARTS) is 1. The van der Waals surface area contributed by atoms with Crippen molar-refractivity contribution in [1.82, 2.24) is 34.4 Å². The number of aromatic nitrogens is 4. The quantitative estimate of drug-likeness (QED) is 0.104. The first-order valence-electron chi connectivity index (χ1n) is 18.1. The van der Waals surface area contributed by atoms with Crippen LogP contribution in [0.4, 0.5) is 28.9 Å². The molecule has 1 unspecified atom stereocenters. The minimum atomic E-state index is -4.93. The Hall–Kier alpha value is -5.53. The number of likely N-dealkylation sites (N-methyl/N-ethyl adjacent to an activating group) is 1. The highest BCUT2D eigenvalue weighted by atomic mass is 35.5. The summed E-state index contributed by atoms with van der Waals surface area (Å²) in [6, 6.07) is 7.70. The van der Waals surface area contributed by atoms with Crippen molar-refractivity contribution < 1.29 is 46.3 Å². The van der Waals surface area contributed by atoms with Gasteiger partial charge in [0, 0.05) is 82.6 Å². The molecule has 0 aliphatic carbocycles. The first-order valence-corrected chi connectivity index (χ1v) is 18.5. The van der Waals surface area contributed by atoms with Crippen LogP contribution in [0.1, 0.15) is 39.5 Å². The van der Waals surface area contributed by atoms with Crippen molar-refractivity contribution in [1.29, 1.82) is 0 Å². The SMILES string of the molecule is Cn1c(-c2cn(-c3ccc(N)cc3F)nc2C(F)(F)F)cnc1C(=O)Nc1ccc(C(=O)N2CCN(C(=O)CCC[N+](C)(CC(=O)[O-])CC3CNC3)CC2)c(Cl)c1. The smallest absolute Gasteiger partial charge is 0.435 e. The number of hydrogen-bond acceptors (Lipinski definition) is 9. The van der Waals surface area contributed by atoms with Gasteiger partial charge in [0.05, 0.1) is 54.1 Å². The van der Waals surface area contributed by atoms with Gasteiger partial charge in [0.2, 0.25) is 5.91 Å². The van der Waals surface area contributed by atoms with Crippen LogP contribution in [0.25, 0.3) is 16.9 Å². The number of benzene rings is 2. The number of amides is 3. The normalized spacial score (nSPS) is 15.9. The Morgan fingerprint density at radius 3 is 2.39 bits per heavy atom. The number of alkyl halides is 3. The summed E-state index contributed by atoms with van der Waals surface area (Å²) in [4.78, 5) is 58.3. The van der Waals surface area contributed by atoms with Gasteiger partial charge in [-0.3, -0.25) is 14.4 Å². The van der Waals surface area contributed by atoms with Gasteiger partial charge in [-0.05, 0) is 36.4 Å². The molecule has 0 bridgehead atoms. The molecule has 0 saturated carbocycles. The number of quaternary nitrogens is 1. The van der Waals surface area contributed by atoms with Crippen LogP contribution in [0, 0.1) is 11.7 Å². The van der Waals surface area contributed by atoms with Crippen molar-refractivity contribution >= 4 is 46.7 Å². The number of nitrogens with one attached hydrogen (secondary N) is 2. The van der Waals surface area contributed by atoms with Gasteiger partial charge in [0.15, 0.2) is 17.3 Å². The highest BCUT2D eigenvalue weighted by Crippen LogP contribution is 2.37. The zero-order valence-electron chi connectivity index (χ0n) is 31.1. The maximum absolute atomic E-state index is 14.6. The molecule has 0 spiro atoms. The minimum Gasteiger partial charge on any atom is -0.544 e. The molecule has 3 amide bonds. The zero-order valence-corrected chi connectivity index (χ0v) is 31.9. The Kier molecular flexibility index (Phi) is 11.9. The second kappa shape index (κ2) is 16.5. The number of rotatable bonds is 13. The van der Waals surface area contributed by atoms with Crippen LogP contribution >= 0.6 is 11.6 Å². The number of nitrogen functional groups attached to an aromatic ring is 1. The maximum Gasteiger partial charge on any atom is 0.435 e. The Labute approximate surface area is 329 Å². The van der Waals surface area contributed by atoms with Gasteiger partial charge >= 0.3 is 6.18 Å². The van der Waals surface area contributed by atoms with Crippen molar-refractivity contribution in [2.24, 2.45) is 13.0 Å². The first-order chi connectivity index (χ1) is 26.9. The number of carboxylic acids is 1. The fraction of sp³-hybridized carbons (Fsp3) is 0.405. The monoisotopic (exact) mass is 816 g/mol. The lowest BCUT2D eigenvalue weighted by Crippen LogP contribution is -2.59. The largest absolute Gasteiger partial charge is 0.544 e. The molecule has 4 aromatic rings. The number of piperazine rings is 1. The third kappa shape index (κ3) is 9.37. The molecule has 4 N–H and O–H groups in total. The standard InChI is InChI=1S/C37H41ClF4N10O5/c1-48-30(26-19-51(47-33(26)37(40,41)42)29-8-5-23(43)14-28(29)39)18-45-34(48)35(56)46-24-6-7-25(27(38)15-24)36(57)50-11-9-49(10-12-50)31(53)4-3-13-52(2,21-32(54)55)20-22-16-44-17-22/h5-8,14-15,18-19,22,44H,3-4,9-13,16-17,20-21,43H2,1-2H3,(H-,46,54,55,56,57). The Morgan fingerprint density at radius 1 is 1.07 bits per heavy atom. The van der Waals surface area contributed by atoms with Gasteiger partial charge in [0.25, 0.3) is 11.8 Å². The minimum absolute atomic E-state index is 0.0318. The third-order valence-corrected chi connectivity index (χ3v) is 10.5. The molecule has 2 fully saturated rings. The number of anilines is 2. The van der Waals surface area contributed by atoms with E-state index in [1.807, 2.05) is 7.05 Å². The maximum atomic E-state index is 14.6. The van der Waals surface area contributed by atoms with Crippen molar-refractivity contribution in [3.05, 3.63) is 76.7 Å². The number of nitrogens with two attached hydrogens (primary N) is 1. The molecule has 15 nitrogen and oxygen atoms in total. The highest BCUT2D eigenvalue weighted by molar-refractivity contribution is 6.34. The molecule has 1 atom stereocenters. The summed E-state index contributed by atoms with van der Waals surface area (Å²) in [6.45, 7) is 3.93. The Bertz CT molecular complexity index is 2180. The molecular formula is C37H41ClF4N10O5. The second-order valence-corrected chi connectivity index (χ2v) is 15.0. The Balaban J connectivity index is 1.05. The van der Waals surface area contributed by atoms with E-state index in [9.17, 15) is 41.8 Å². The number of hydrogen-bond donors (Lipinski definition) is 3. The summed E-state index contributed by atoms with van der Waals surface area (Å²) in [5.41, 5.74) is 3.83. The van der Waals surface area contributed by atoms with E-state index >= 15 is 0 Å². The molecule has 2 aliphatic heterocycles. The highest BCUT2D eigenvalue weighted by Gasteiger charge is 2.39. The number of halogens is 5. The number of carbonyl (C=O) groups excluding carboxylic acids is 4.